The molecule has 0 radical (unpaired) electrons. The standard InChI is InChI=1S/C11H12F2O3/c1-6(11(15)16)5-7-3-2-4-8(9(7)14)10(12)13/h2-4,6,10,14H,5H2,1H3,(H,15,16). The normalized spacial score (nSPS) is 12.8. The van der Waals surface area contributed by atoms with Gasteiger partial charge in [-0.1, -0.05) is 19.1 Å². The molecule has 0 aliphatic rings. The summed E-state index contributed by atoms with van der Waals surface area (Å²) in [5.41, 5.74) is -0.234. The number of aliphatic carboxylic acids is 1. The number of carboxylic acid groups (broad SMARTS) is 1. The van der Waals surface area contributed by atoms with Crippen molar-refractivity contribution in [2.75, 3.05) is 0 Å². The summed E-state index contributed by atoms with van der Waals surface area (Å²) in [7, 11) is 0. The molecule has 1 rings (SSSR count). The Morgan fingerprint density at radius 1 is 1.44 bits per heavy atom. The number of rotatable bonds is 4. The highest BCUT2D eigenvalue weighted by Gasteiger charge is 2.18. The Kier molecular flexibility index (Phi) is 3.82. The Morgan fingerprint density at radius 2 is 2.06 bits per heavy atom. The minimum absolute atomic E-state index is 0.0295. The number of carbonyl (C=O) groups is 1. The molecule has 88 valence electrons. The van der Waals surface area contributed by atoms with Crippen LogP contribution in [0.15, 0.2) is 18.2 Å². The molecule has 1 atom stereocenters. The van der Waals surface area contributed by atoms with E-state index in [4.69, 9.17) is 5.11 Å². The molecule has 0 bridgehead atoms. The third-order valence-corrected chi connectivity index (χ3v) is 2.33. The summed E-state index contributed by atoms with van der Waals surface area (Å²) in [6.07, 6.45) is -2.73. The Hall–Kier alpha value is -1.65. The lowest BCUT2D eigenvalue weighted by atomic mass is 9.98. The van der Waals surface area contributed by atoms with Gasteiger partial charge in [0.1, 0.15) is 5.75 Å². The topological polar surface area (TPSA) is 57.5 Å². The molecule has 0 heterocycles. The van der Waals surface area contributed by atoms with Gasteiger partial charge in [0.15, 0.2) is 0 Å². The zero-order chi connectivity index (χ0) is 12.3. The molecule has 0 fully saturated rings. The summed E-state index contributed by atoms with van der Waals surface area (Å²) in [5.74, 6) is -2.26. The number of hydrogen-bond donors (Lipinski definition) is 2. The van der Waals surface area contributed by atoms with E-state index in [1.165, 1.54) is 19.1 Å². The molecule has 3 nitrogen and oxygen atoms in total. The second kappa shape index (κ2) is 4.92. The minimum Gasteiger partial charge on any atom is -0.507 e. The summed E-state index contributed by atoms with van der Waals surface area (Å²) < 4.78 is 24.9. The van der Waals surface area contributed by atoms with E-state index < -0.39 is 29.6 Å². The number of hydrogen-bond acceptors (Lipinski definition) is 2. The van der Waals surface area contributed by atoms with Crippen molar-refractivity contribution in [2.45, 2.75) is 19.8 Å². The monoisotopic (exact) mass is 230 g/mol. The fraction of sp³-hybridized carbons (Fsp3) is 0.364. The second-order valence-corrected chi connectivity index (χ2v) is 3.60. The van der Waals surface area contributed by atoms with Gasteiger partial charge in [0, 0.05) is 0 Å². The number of phenolic OH excluding ortho intramolecular Hbond substituents is 1. The minimum atomic E-state index is -2.76. The van der Waals surface area contributed by atoms with Crippen LogP contribution in [-0.2, 0) is 11.2 Å². The first-order chi connectivity index (χ1) is 7.43. The lowest BCUT2D eigenvalue weighted by Gasteiger charge is -2.11. The van der Waals surface area contributed by atoms with E-state index in [0.717, 1.165) is 6.07 Å². The van der Waals surface area contributed by atoms with Gasteiger partial charge in [-0.25, -0.2) is 8.78 Å². The van der Waals surface area contributed by atoms with E-state index in [1.807, 2.05) is 0 Å². The van der Waals surface area contributed by atoms with E-state index in [1.54, 1.807) is 0 Å². The Bertz CT molecular complexity index is 391. The van der Waals surface area contributed by atoms with Crippen LogP contribution < -0.4 is 0 Å². The zero-order valence-electron chi connectivity index (χ0n) is 8.65. The van der Waals surface area contributed by atoms with Crippen LogP contribution in [0.5, 0.6) is 5.75 Å². The molecule has 0 aliphatic heterocycles. The largest absolute Gasteiger partial charge is 0.507 e. The molecule has 0 amide bonds. The zero-order valence-corrected chi connectivity index (χ0v) is 8.65. The average Bonchev–Trinajstić information content (AvgIpc) is 2.20. The highest BCUT2D eigenvalue weighted by molar-refractivity contribution is 5.70. The molecular formula is C11H12F2O3. The van der Waals surface area contributed by atoms with Crippen LogP contribution in [0.4, 0.5) is 8.78 Å². The van der Waals surface area contributed by atoms with Crippen molar-refractivity contribution in [1.29, 1.82) is 0 Å². The van der Waals surface area contributed by atoms with Crippen molar-refractivity contribution in [3.63, 3.8) is 0 Å². The van der Waals surface area contributed by atoms with E-state index in [0.29, 0.717) is 0 Å². The molecule has 2 N–H and O–H groups in total. The molecule has 0 spiro atoms. The van der Waals surface area contributed by atoms with Gasteiger partial charge in [0.2, 0.25) is 0 Å². The fourth-order valence-corrected chi connectivity index (χ4v) is 1.37. The van der Waals surface area contributed by atoms with Crippen LogP contribution in [0.2, 0.25) is 0 Å². The maximum atomic E-state index is 12.4. The highest BCUT2D eigenvalue weighted by atomic mass is 19.3. The maximum absolute atomic E-state index is 12.4. The summed E-state index contributed by atoms with van der Waals surface area (Å²) in [6.45, 7) is 1.46. The van der Waals surface area contributed by atoms with Crippen LogP contribution in [0.1, 0.15) is 24.5 Å². The molecule has 16 heavy (non-hydrogen) atoms. The van der Waals surface area contributed by atoms with Crippen LogP contribution in [0.3, 0.4) is 0 Å². The number of para-hydroxylation sites is 1. The van der Waals surface area contributed by atoms with Crippen LogP contribution >= 0.6 is 0 Å². The van der Waals surface area contributed by atoms with Crippen molar-refractivity contribution in [3.05, 3.63) is 29.3 Å². The highest BCUT2D eigenvalue weighted by Crippen LogP contribution is 2.32. The number of aromatic hydroxyl groups is 1. The summed E-state index contributed by atoms with van der Waals surface area (Å²) in [5, 5.41) is 18.2. The lowest BCUT2D eigenvalue weighted by Crippen LogP contribution is -2.12. The van der Waals surface area contributed by atoms with Crippen molar-refractivity contribution in [3.8, 4) is 5.75 Å². The van der Waals surface area contributed by atoms with Gasteiger partial charge in [-0.3, -0.25) is 4.79 Å². The molecule has 1 aromatic rings. The maximum Gasteiger partial charge on any atom is 0.306 e. The SMILES string of the molecule is CC(Cc1cccc(C(F)F)c1O)C(=O)O. The third-order valence-electron chi connectivity index (χ3n) is 2.33. The summed E-state index contributed by atoms with van der Waals surface area (Å²) in [4.78, 5) is 10.6. The fourth-order valence-electron chi connectivity index (χ4n) is 1.37. The molecule has 1 aromatic carbocycles. The van der Waals surface area contributed by atoms with Crippen LogP contribution in [0.25, 0.3) is 0 Å². The lowest BCUT2D eigenvalue weighted by molar-refractivity contribution is -0.141. The van der Waals surface area contributed by atoms with Crippen molar-refractivity contribution in [2.24, 2.45) is 5.92 Å². The summed E-state index contributed by atoms with van der Waals surface area (Å²) in [6, 6.07) is 3.95. The van der Waals surface area contributed by atoms with Gasteiger partial charge in [-0.15, -0.1) is 0 Å². The average molecular weight is 230 g/mol. The molecule has 0 aliphatic carbocycles. The molecule has 5 heteroatoms. The number of halogens is 2. The predicted octanol–water partition coefficient (Wildman–Crippen LogP) is 2.59. The Labute approximate surface area is 91.3 Å². The molecular weight excluding hydrogens is 218 g/mol. The van der Waals surface area contributed by atoms with Crippen molar-refractivity contribution < 1.29 is 23.8 Å². The van der Waals surface area contributed by atoms with Gasteiger partial charge in [0.25, 0.3) is 6.43 Å². The van der Waals surface area contributed by atoms with E-state index in [2.05, 4.69) is 0 Å². The third kappa shape index (κ3) is 2.68. The first-order valence-electron chi connectivity index (χ1n) is 4.75. The molecule has 1 unspecified atom stereocenters. The van der Waals surface area contributed by atoms with Gasteiger partial charge < -0.3 is 10.2 Å². The number of alkyl halides is 2. The van der Waals surface area contributed by atoms with E-state index in [9.17, 15) is 18.7 Å². The van der Waals surface area contributed by atoms with Crippen molar-refractivity contribution in [1.82, 2.24) is 0 Å². The van der Waals surface area contributed by atoms with Crippen LogP contribution in [-0.4, -0.2) is 16.2 Å². The van der Waals surface area contributed by atoms with Gasteiger partial charge in [0.05, 0.1) is 11.5 Å². The Morgan fingerprint density at radius 3 is 2.56 bits per heavy atom. The quantitative estimate of drug-likeness (QED) is 0.835. The predicted molar refractivity (Wildman–Crippen MR) is 53.6 cm³/mol. The number of carboxylic acids is 1. The van der Waals surface area contributed by atoms with Gasteiger partial charge in [-0.05, 0) is 18.1 Å². The molecule has 0 saturated carbocycles. The van der Waals surface area contributed by atoms with Gasteiger partial charge >= 0.3 is 5.97 Å². The molecule has 0 saturated heterocycles. The van der Waals surface area contributed by atoms with E-state index in [-0.39, 0.29) is 12.0 Å². The Balaban J connectivity index is 2.97. The van der Waals surface area contributed by atoms with Gasteiger partial charge in [-0.2, -0.15) is 0 Å². The first-order valence-corrected chi connectivity index (χ1v) is 4.75. The molecule has 0 aromatic heterocycles. The van der Waals surface area contributed by atoms with Crippen LogP contribution in [0, 0.1) is 5.92 Å². The smallest absolute Gasteiger partial charge is 0.306 e. The number of phenols is 1. The summed E-state index contributed by atoms with van der Waals surface area (Å²) >= 11 is 0. The van der Waals surface area contributed by atoms with E-state index >= 15 is 0 Å². The van der Waals surface area contributed by atoms with Crippen molar-refractivity contribution >= 4 is 5.97 Å². The number of benzene rings is 1. The second-order valence-electron chi connectivity index (χ2n) is 3.60. The first kappa shape index (κ1) is 12.4.